The number of hydrogen-bond acceptors (Lipinski definition) is 9. The quantitative estimate of drug-likeness (QED) is 0.139. The predicted octanol–water partition coefficient (Wildman–Crippen LogP) is 6.37. The Morgan fingerprint density at radius 1 is 1.15 bits per heavy atom. The Labute approximate surface area is 233 Å². The zero-order chi connectivity index (χ0) is 28.9. The van der Waals surface area contributed by atoms with Crippen molar-refractivity contribution in [2.45, 2.75) is 46.3 Å². The summed E-state index contributed by atoms with van der Waals surface area (Å²) in [5.74, 6) is 2.45. The minimum absolute atomic E-state index is 0.503. The number of rotatable bonds is 10. The van der Waals surface area contributed by atoms with E-state index in [2.05, 4.69) is 27.3 Å². The van der Waals surface area contributed by atoms with Crippen molar-refractivity contribution in [1.82, 2.24) is 19.3 Å². The van der Waals surface area contributed by atoms with Crippen molar-refractivity contribution in [3.63, 3.8) is 0 Å². The molecule has 0 aliphatic rings. The fourth-order valence-electron chi connectivity index (χ4n) is 4.08. The summed E-state index contributed by atoms with van der Waals surface area (Å²) >= 11 is 0. The van der Waals surface area contributed by atoms with Crippen molar-refractivity contribution < 1.29 is 23.8 Å². The van der Waals surface area contributed by atoms with Crippen LogP contribution < -0.4 is 14.8 Å². The highest BCUT2D eigenvalue weighted by atomic mass is 16.6. The Morgan fingerprint density at radius 2 is 1.95 bits per heavy atom. The highest BCUT2D eigenvalue weighted by Gasteiger charge is 2.24. The van der Waals surface area contributed by atoms with Crippen LogP contribution in [0.1, 0.15) is 34.1 Å². The number of methoxy groups -OCH3 is 2. The molecule has 1 aromatic carbocycles. The molecule has 210 valence electrons. The van der Waals surface area contributed by atoms with Crippen LogP contribution in [0.25, 0.3) is 22.2 Å². The maximum Gasteiger partial charge on any atom is 0.419 e. The molecule has 4 aromatic rings. The average molecular weight is 547 g/mol. The van der Waals surface area contributed by atoms with E-state index in [1.165, 1.54) is 0 Å². The lowest BCUT2D eigenvalue weighted by atomic mass is 10.2. The van der Waals surface area contributed by atoms with Gasteiger partial charge in [-0.2, -0.15) is 5.10 Å². The number of aromatic nitrogens is 4. The Hall–Kier alpha value is -4.80. The average Bonchev–Trinajstić information content (AvgIpc) is 3.52. The van der Waals surface area contributed by atoms with Crippen molar-refractivity contribution in [2.24, 2.45) is 5.16 Å². The normalized spacial score (nSPS) is 11.8. The van der Waals surface area contributed by atoms with Gasteiger partial charge in [0.05, 0.1) is 37.3 Å². The van der Waals surface area contributed by atoms with Crippen LogP contribution in [-0.4, -0.2) is 52.0 Å². The summed E-state index contributed by atoms with van der Waals surface area (Å²) in [6.45, 7) is 11.2. The minimum atomic E-state index is -0.688. The second-order valence-corrected chi connectivity index (χ2v) is 9.98. The number of carbonyl (C=O) groups excluding carboxylic acids is 1. The third-order valence-electron chi connectivity index (χ3n) is 5.86. The van der Waals surface area contributed by atoms with Crippen LogP contribution in [0, 0.1) is 0 Å². The summed E-state index contributed by atoms with van der Waals surface area (Å²) < 4.78 is 19.9. The first-order valence-electron chi connectivity index (χ1n) is 12.7. The van der Waals surface area contributed by atoms with E-state index in [0.29, 0.717) is 52.9 Å². The summed E-state index contributed by atoms with van der Waals surface area (Å²) in [4.78, 5) is 23.1. The molecule has 0 fully saturated rings. The minimum Gasteiger partial charge on any atom is -0.497 e. The van der Waals surface area contributed by atoms with Gasteiger partial charge >= 0.3 is 6.09 Å². The van der Waals surface area contributed by atoms with Crippen LogP contribution in [0.2, 0.25) is 0 Å². The molecule has 0 unspecified atom stereocenters. The first-order chi connectivity index (χ1) is 19.1. The molecule has 11 nitrogen and oxygen atoms in total. The molecule has 0 aliphatic carbocycles. The number of aryl methyl sites for hydroxylation is 1. The van der Waals surface area contributed by atoms with E-state index in [9.17, 15) is 4.79 Å². The summed E-state index contributed by atoms with van der Waals surface area (Å²) in [5, 5.41) is 11.9. The number of oxime groups is 1. The van der Waals surface area contributed by atoms with Gasteiger partial charge in [0.25, 0.3) is 0 Å². The third kappa shape index (κ3) is 6.60. The highest BCUT2D eigenvalue weighted by molar-refractivity contribution is 5.97. The second kappa shape index (κ2) is 11.9. The molecule has 1 N–H and O–H groups in total. The smallest absolute Gasteiger partial charge is 0.419 e. The number of nitrogens with one attached hydrogen (secondary N) is 1. The molecule has 0 spiro atoms. The van der Waals surface area contributed by atoms with E-state index in [-0.39, 0.29) is 0 Å². The van der Waals surface area contributed by atoms with Gasteiger partial charge in [-0.1, -0.05) is 5.16 Å². The molecule has 0 aliphatic heterocycles. The summed E-state index contributed by atoms with van der Waals surface area (Å²) in [5.41, 5.74) is 2.05. The van der Waals surface area contributed by atoms with E-state index >= 15 is 0 Å². The van der Waals surface area contributed by atoms with Crippen LogP contribution in [0.5, 0.6) is 11.5 Å². The molecular weight excluding hydrogens is 512 g/mol. The monoisotopic (exact) mass is 546 g/mol. The Kier molecular flexibility index (Phi) is 8.42. The van der Waals surface area contributed by atoms with Crippen LogP contribution in [0.3, 0.4) is 0 Å². The van der Waals surface area contributed by atoms with Crippen molar-refractivity contribution >= 4 is 35.2 Å². The second-order valence-electron chi connectivity index (χ2n) is 9.98. The van der Waals surface area contributed by atoms with Gasteiger partial charge in [-0.3, -0.25) is 4.68 Å². The zero-order valence-corrected chi connectivity index (χ0v) is 23.6. The van der Waals surface area contributed by atoms with Crippen molar-refractivity contribution in [3.8, 4) is 22.8 Å². The molecule has 3 heterocycles. The standard InChI is InChI=1S/C29H34N6O5/c1-19(40-30-5)9-8-12-34-18-21(17-32-34)24-13-20-16-31-27(15-25(20)35(24)28(36)39-29(2,3)4)33-23-11-10-22(37-6)14-26(23)38-7/h9-11,13-18H,5,8,12H2,1-4,6-7H3,(H,31,33)/b19-9-. The Balaban J connectivity index is 1.71. The van der Waals surface area contributed by atoms with E-state index < -0.39 is 11.7 Å². The number of pyridine rings is 1. The third-order valence-corrected chi connectivity index (χ3v) is 5.86. The molecule has 40 heavy (non-hydrogen) atoms. The van der Waals surface area contributed by atoms with E-state index in [1.54, 1.807) is 48.0 Å². The first-order valence-corrected chi connectivity index (χ1v) is 12.7. The van der Waals surface area contributed by atoms with E-state index in [1.807, 2.05) is 58.2 Å². The molecule has 3 aromatic heterocycles. The molecular formula is C29H34N6O5. The van der Waals surface area contributed by atoms with Gasteiger partial charge in [-0.15, -0.1) is 0 Å². The summed E-state index contributed by atoms with van der Waals surface area (Å²) in [6, 6.07) is 9.15. The topological polar surface area (TPSA) is 114 Å². The van der Waals surface area contributed by atoms with E-state index in [4.69, 9.17) is 19.0 Å². The number of ether oxygens (including phenoxy) is 3. The van der Waals surface area contributed by atoms with Crippen LogP contribution >= 0.6 is 0 Å². The van der Waals surface area contributed by atoms with Crippen LogP contribution in [0.15, 0.2) is 65.9 Å². The van der Waals surface area contributed by atoms with Gasteiger partial charge < -0.3 is 24.4 Å². The van der Waals surface area contributed by atoms with Crippen molar-refractivity contribution in [1.29, 1.82) is 0 Å². The molecule has 0 atom stereocenters. The Bertz CT molecular complexity index is 1550. The molecule has 4 rings (SSSR count). The summed E-state index contributed by atoms with van der Waals surface area (Å²) in [6.07, 6.45) is 7.42. The van der Waals surface area contributed by atoms with Gasteiger partial charge in [-0.05, 0) is 58.4 Å². The lowest BCUT2D eigenvalue weighted by molar-refractivity contribution is 0.0547. The molecule has 0 bridgehead atoms. The van der Waals surface area contributed by atoms with E-state index in [0.717, 1.165) is 10.9 Å². The van der Waals surface area contributed by atoms with Gasteiger partial charge in [0, 0.05) is 48.7 Å². The fraction of sp³-hybridized carbons (Fsp3) is 0.310. The lowest BCUT2D eigenvalue weighted by Gasteiger charge is -2.21. The highest BCUT2D eigenvalue weighted by Crippen LogP contribution is 2.34. The number of nitrogens with zero attached hydrogens (tertiary/aromatic N) is 5. The van der Waals surface area contributed by atoms with Crippen molar-refractivity contribution in [3.05, 3.63) is 60.8 Å². The maximum atomic E-state index is 13.5. The van der Waals surface area contributed by atoms with Crippen molar-refractivity contribution in [2.75, 3.05) is 19.5 Å². The molecule has 11 heteroatoms. The van der Waals surface area contributed by atoms with Gasteiger partial charge in [0.15, 0.2) is 0 Å². The fourth-order valence-corrected chi connectivity index (χ4v) is 4.08. The molecule has 0 amide bonds. The number of allylic oxidation sites excluding steroid dienone is 2. The number of carbonyl (C=O) groups is 1. The molecule has 0 radical (unpaired) electrons. The lowest BCUT2D eigenvalue weighted by Crippen LogP contribution is -2.27. The summed E-state index contributed by atoms with van der Waals surface area (Å²) in [7, 11) is 3.18. The van der Waals surface area contributed by atoms with Gasteiger partial charge in [-0.25, -0.2) is 14.3 Å². The molecule has 0 saturated heterocycles. The van der Waals surface area contributed by atoms with Crippen LogP contribution in [-0.2, 0) is 16.1 Å². The number of hydrogen-bond donors (Lipinski definition) is 1. The Morgan fingerprint density at radius 3 is 2.65 bits per heavy atom. The zero-order valence-electron chi connectivity index (χ0n) is 23.6. The number of benzene rings is 1. The molecule has 0 saturated carbocycles. The van der Waals surface area contributed by atoms with Gasteiger partial charge in [0.2, 0.25) is 0 Å². The largest absolute Gasteiger partial charge is 0.497 e. The van der Waals surface area contributed by atoms with Gasteiger partial charge in [0.1, 0.15) is 28.7 Å². The number of fused-ring (bicyclic) bond motifs is 1. The maximum absolute atomic E-state index is 13.5. The number of anilines is 2. The SMILES string of the molecule is C=NO/C(C)=C\CCn1cc(-c2cc3cnc(Nc4ccc(OC)cc4OC)cc3n2C(=O)OC(C)(C)C)cn1. The predicted molar refractivity (Wildman–Crippen MR) is 154 cm³/mol. The van der Waals surface area contributed by atoms with Crippen LogP contribution in [0.4, 0.5) is 16.3 Å². The first kappa shape index (κ1) is 28.2.